The molecule has 0 saturated carbocycles. The van der Waals surface area contributed by atoms with E-state index in [1.165, 1.54) is 23.8 Å². The minimum atomic E-state index is -1.51. The molecule has 2 heterocycles. The van der Waals surface area contributed by atoms with Crippen LogP contribution in [-0.4, -0.2) is 63.7 Å². The normalized spacial score (nSPS) is 19.6. The molecule has 10 heteroatoms. The number of carbonyl (C=O) groups excluding carboxylic acids is 2. The van der Waals surface area contributed by atoms with E-state index >= 15 is 8.78 Å². The number of piperidine rings is 1. The van der Waals surface area contributed by atoms with E-state index < -0.39 is 29.5 Å². The van der Waals surface area contributed by atoms with E-state index in [1.54, 1.807) is 24.3 Å². The molecule has 35 heavy (non-hydrogen) atoms. The molecule has 2 aromatic carbocycles. The zero-order chi connectivity index (χ0) is 25.2. The molecule has 188 valence electrons. The third-order valence-corrected chi connectivity index (χ3v) is 6.40. The van der Waals surface area contributed by atoms with Gasteiger partial charge in [0.1, 0.15) is 17.5 Å². The number of benzene rings is 2. The lowest BCUT2D eigenvalue weighted by Crippen LogP contribution is -2.44. The molecule has 0 unspecified atom stereocenters. The predicted octanol–water partition coefficient (Wildman–Crippen LogP) is 4.30. The molecular formula is C25H28F3N3O4. The number of cyclic esters (lactones) is 1. The summed E-state index contributed by atoms with van der Waals surface area (Å²) in [6.45, 7) is 1.76. The van der Waals surface area contributed by atoms with Gasteiger partial charge in [0.25, 0.3) is 0 Å². The molecule has 2 aliphatic rings. The number of methoxy groups -OCH3 is 1. The fourth-order valence-corrected chi connectivity index (χ4v) is 4.60. The number of nitrogens with zero attached hydrogens (tertiary/aromatic N) is 3. The van der Waals surface area contributed by atoms with E-state index in [4.69, 9.17) is 9.47 Å². The lowest BCUT2D eigenvalue weighted by atomic mass is 9.94. The van der Waals surface area contributed by atoms with Gasteiger partial charge in [0, 0.05) is 57.8 Å². The Morgan fingerprint density at radius 3 is 2.37 bits per heavy atom. The zero-order valence-corrected chi connectivity index (χ0v) is 19.7. The molecule has 0 spiro atoms. The van der Waals surface area contributed by atoms with Gasteiger partial charge in [-0.2, -0.15) is 0 Å². The lowest BCUT2D eigenvalue weighted by Gasteiger charge is -2.37. The Bertz CT molecular complexity index is 1050. The van der Waals surface area contributed by atoms with Gasteiger partial charge in [0.15, 0.2) is 11.6 Å². The van der Waals surface area contributed by atoms with Gasteiger partial charge in [-0.05, 0) is 12.1 Å². The van der Waals surface area contributed by atoms with Crippen LogP contribution >= 0.6 is 0 Å². The Morgan fingerprint density at radius 2 is 1.80 bits per heavy atom. The number of hydrogen-bond donors (Lipinski definition) is 0. The number of rotatable bonds is 7. The first kappa shape index (κ1) is 24.8. The summed E-state index contributed by atoms with van der Waals surface area (Å²) in [7, 11) is 1.42. The van der Waals surface area contributed by atoms with E-state index in [0.29, 0.717) is 5.69 Å². The Kier molecular flexibility index (Phi) is 7.20. The van der Waals surface area contributed by atoms with Gasteiger partial charge in [-0.15, -0.1) is 0 Å². The number of carbonyl (C=O) groups is 2. The van der Waals surface area contributed by atoms with Crippen molar-refractivity contribution in [2.45, 2.75) is 31.5 Å². The van der Waals surface area contributed by atoms with E-state index in [-0.39, 0.29) is 62.9 Å². The van der Waals surface area contributed by atoms with E-state index in [0.717, 1.165) is 17.0 Å². The number of ether oxygens (including phenoxy) is 2. The molecule has 2 saturated heterocycles. The van der Waals surface area contributed by atoms with Crippen LogP contribution < -0.4 is 14.7 Å². The minimum absolute atomic E-state index is 0.0153. The van der Waals surface area contributed by atoms with Crippen LogP contribution in [0.25, 0.3) is 0 Å². The van der Waals surface area contributed by atoms with Crippen molar-refractivity contribution in [3.05, 3.63) is 54.1 Å². The molecule has 0 radical (unpaired) electrons. The molecule has 0 aliphatic carbocycles. The van der Waals surface area contributed by atoms with Crippen LogP contribution in [-0.2, 0) is 14.3 Å². The van der Waals surface area contributed by atoms with Gasteiger partial charge in [0.2, 0.25) is 5.91 Å². The Morgan fingerprint density at radius 1 is 1.17 bits per heavy atom. The Hall–Kier alpha value is -3.27. The van der Waals surface area contributed by atoms with Crippen LogP contribution in [0.3, 0.4) is 0 Å². The van der Waals surface area contributed by atoms with Gasteiger partial charge in [-0.3, -0.25) is 9.69 Å². The minimum Gasteiger partial charge on any atom is -0.442 e. The van der Waals surface area contributed by atoms with Crippen molar-refractivity contribution in [3.8, 4) is 0 Å². The maximum absolute atomic E-state index is 15.0. The molecular weight excluding hydrogens is 463 g/mol. The number of alkyl halides is 1. The van der Waals surface area contributed by atoms with E-state index in [2.05, 4.69) is 0 Å². The molecule has 2 aliphatic heterocycles. The third-order valence-electron chi connectivity index (χ3n) is 6.40. The molecule has 2 fully saturated rings. The highest BCUT2D eigenvalue weighted by molar-refractivity contribution is 5.93. The van der Waals surface area contributed by atoms with Crippen LogP contribution in [0.1, 0.15) is 19.8 Å². The molecule has 1 atom stereocenters. The van der Waals surface area contributed by atoms with E-state index in [9.17, 15) is 14.0 Å². The number of hydrogen-bond acceptors (Lipinski definition) is 5. The molecule has 4 rings (SSSR count). The average Bonchev–Trinajstić information content (AvgIpc) is 3.19. The predicted molar refractivity (Wildman–Crippen MR) is 126 cm³/mol. The van der Waals surface area contributed by atoms with E-state index in [1.807, 2.05) is 6.07 Å². The van der Waals surface area contributed by atoms with Crippen molar-refractivity contribution < 1.29 is 32.2 Å². The zero-order valence-electron chi connectivity index (χ0n) is 19.7. The maximum atomic E-state index is 15.0. The van der Waals surface area contributed by atoms with Crippen molar-refractivity contribution in [2.24, 2.45) is 0 Å². The lowest BCUT2D eigenvalue weighted by molar-refractivity contribution is -0.116. The molecule has 0 aromatic heterocycles. The maximum Gasteiger partial charge on any atom is 0.414 e. The highest BCUT2D eigenvalue weighted by atomic mass is 19.1. The number of para-hydroxylation sites is 1. The molecule has 0 N–H and O–H groups in total. The second-order valence-electron chi connectivity index (χ2n) is 8.91. The second-order valence-corrected chi connectivity index (χ2v) is 8.91. The van der Waals surface area contributed by atoms with Crippen LogP contribution in [0.4, 0.5) is 35.0 Å². The van der Waals surface area contributed by atoms with Crippen LogP contribution in [0.2, 0.25) is 0 Å². The summed E-state index contributed by atoms with van der Waals surface area (Å²) in [6.07, 6.45) is -1.25. The van der Waals surface area contributed by atoms with Crippen molar-refractivity contribution in [1.29, 1.82) is 0 Å². The quantitative estimate of drug-likeness (QED) is 0.578. The average molecular weight is 492 g/mol. The highest BCUT2D eigenvalue weighted by Crippen LogP contribution is 2.35. The standard InChI is InChI=1S/C25H28F3N3O4/c1-17(32)30(18-6-4-3-5-7-18)14-20-15-31(24(33)35-20)19-12-21(26)23(22(27)13-19)29-10-8-25(28,9-11-29)16-34-2/h3-7,12-13,20H,8-11,14-16H2,1-2H3/t20-/m0/s1. The summed E-state index contributed by atoms with van der Waals surface area (Å²) in [5.41, 5.74) is -1.09. The second kappa shape index (κ2) is 10.2. The highest BCUT2D eigenvalue weighted by Gasteiger charge is 2.38. The SMILES string of the molecule is COCC1(F)CCN(c2c(F)cc(N3C[C@H](CN(C(C)=O)c4ccccc4)OC3=O)cc2F)CC1. The van der Waals surface area contributed by atoms with Crippen molar-refractivity contribution in [3.63, 3.8) is 0 Å². The monoisotopic (exact) mass is 491 g/mol. The fraction of sp³-hybridized carbons (Fsp3) is 0.440. The topological polar surface area (TPSA) is 62.3 Å². The van der Waals surface area contributed by atoms with Crippen molar-refractivity contribution >= 4 is 29.1 Å². The number of halogens is 3. The summed E-state index contributed by atoms with van der Waals surface area (Å²) in [6, 6.07) is 11.1. The van der Waals surface area contributed by atoms with Crippen LogP contribution in [0.5, 0.6) is 0 Å². The molecule has 2 aromatic rings. The molecule has 2 amide bonds. The molecule has 7 nitrogen and oxygen atoms in total. The van der Waals surface area contributed by atoms with Crippen molar-refractivity contribution in [2.75, 3.05) is 54.6 Å². The summed E-state index contributed by atoms with van der Waals surface area (Å²) in [4.78, 5) is 28.8. The Balaban J connectivity index is 1.47. The van der Waals surface area contributed by atoms with Crippen molar-refractivity contribution in [1.82, 2.24) is 0 Å². The summed E-state index contributed by atoms with van der Waals surface area (Å²) >= 11 is 0. The summed E-state index contributed by atoms with van der Waals surface area (Å²) < 4.78 is 55.0. The number of anilines is 3. The van der Waals surface area contributed by atoms with Crippen LogP contribution in [0, 0.1) is 11.6 Å². The molecule has 0 bridgehead atoms. The fourth-order valence-electron chi connectivity index (χ4n) is 4.60. The first-order valence-corrected chi connectivity index (χ1v) is 11.4. The first-order chi connectivity index (χ1) is 16.7. The smallest absolute Gasteiger partial charge is 0.414 e. The van der Waals surface area contributed by atoms with Gasteiger partial charge in [0.05, 0.1) is 25.4 Å². The Labute approximate surface area is 202 Å². The van der Waals surface area contributed by atoms with Crippen LogP contribution in [0.15, 0.2) is 42.5 Å². The first-order valence-electron chi connectivity index (χ1n) is 11.4. The summed E-state index contributed by atoms with van der Waals surface area (Å²) in [5.74, 6) is -1.91. The largest absolute Gasteiger partial charge is 0.442 e. The number of amides is 2. The van der Waals surface area contributed by atoms with Gasteiger partial charge >= 0.3 is 6.09 Å². The van der Waals surface area contributed by atoms with Gasteiger partial charge < -0.3 is 19.3 Å². The third kappa shape index (κ3) is 5.37. The van der Waals surface area contributed by atoms with Gasteiger partial charge in [-0.1, -0.05) is 18.2 Å². The van der Waals surface area contributed by atoms with Gasteiger partial charge in [-0.25, -0.2) is 18.0 Å². The summed E-state index contributed by atoms with van der Waals surface area (Å²) in [5, 5.41) is 0.